The van der Waals surface area contributed by atoms with Crippen molar-refractivity contribution in [1.82, 2.24) is 9.03 Å². The summed E-state index contributed by atoms with van der Waals surface area (Å²) in [6.07, 6.45) is 1.04. The number of hydrogen-bond acceptors (Lipinski definition) is 4. The maximum atomic E-state index is 11.7. The Hall–Kier alpha value is -0.180. The molecule has 1 rings (SSSR count). The van der Waals surface area contributed by atoms with E-state index in [1.807, 2.05) is 6.07 Å². The van der Waals surface area contributed by atoms with Gasteiger partial charge in [-0.25, -0.2) is 4.72 Å². The van der Waals surface area contributed by atoms with Crippen molar-refractivity contribution >= 4 is 33.1 Å². The molecule has 0 aliphatic carbocycles. The van der Waals surface area contributed by atoms with E-state index in [4.69, 9.17) is 16.7 Å². The SMILES string of the molecule is CN(CCCO)S(=O)(=O)NCCc1ccc(Cl)s1. The summed E-state index contributed by atoms with van der Waals surface area (Å²) < 4.78 is 27.9. The van der Waals surface area contributed by atoms with Crippen LogP contribution in [0.3, 0.4) is 0 Å². The van der Waals surface area contributed by atoms with Crippen LogP contribution in [0, 0.1) is 0 Å². The molecule has 0 fully saturated rings. The Labute approximate surface area is 117 Å². The van der Waals surface area contributed by atoms with Gasteiger partial charge in [-0.1, -0.05) is 11.6 Å². The average molecular weight is 313 g/mol. The van der Waals surface area contributed by atoms with Crippen LogP contribution in [0.4, 0.5) is 0 Å². The molecule has 8 heteroatoms. The molecule has 0 bridgehead atoms. The Kier molecular flexibility index (Phi) is 6.54. The van der Waals surface area contributed by atoms with E-state index in [0.717, 1.165) is 4.88 Å². The van der Waals surface area contributed by atoms with E-state index < -0.39 is 10.2 Å². The highest BCUT2D eigenvalue weighted by atomic mass is 35.5. The van der Waals surface area contributed by atoms with Gasteiger partial charge in [0.25, 0.3) is 10.2 Å². The van der Waals surface area contributed by atoms with Crippen molar-refractivity contribution in [2.24, 2.45) is 0 Å². The van der Waals surface area contributed by atoms with Crippen LogP contribution in [0.5, 0.6) is 0 Å². The first-order chi connectivity index (χ1) is 8.45. The van der Waals surface area contributed by atoms with Crippen LogP contribution in [0.25, 0.3) is 0 Å². The summed E-state index contributed by atoms with van der Waals surface area (Å²) >= 11 is 7.23. The Bertz CT molecular complexity index is 461. The van der Waals surface area contributed by atoms with Gasteiger partial charge in [-0.2, -0.15) is 12.7 Å². The molecule has 0 aliphatic heterocycles. The maximum Gasteiger partial charge on any atom is 0.279 e. The second-order valence-corrected chi connectivity index (χ2v) is 7.42. The fourth-order valence-electron chi connectivity index (χ4n) is 1.31. The molecule has 0 spiro atoms. The largest absolute Gasteiger partial charge is 0.396 e. The van der Waals surface area contributed by atoms with E-state index in [2.05, 4.69) is 4.72 Å². The van der Waals surface area contributed by atoms with Crippen molar-refractivity contribution in [3.05, 3.63) is 21.3 Å². The van der Waals surface area contributed by atoms with Gasteiger partial charge in [-0.05, 0) is 25.0 Å². The van der Waals surface area contributed by atoms with Crippen LogP contribution in [-0.4, -0.2) is 44.6 Å². The Morgan fingerprint density at radius 2 is 2.22 bits per heavy atom. The maximum absolute atomic E-state index is 11.7. The summed E-state index contributed by atoms with van der Waals surface area (Å²) in [7, 11) is -1.97. The molecular formula is C10H17ClN2O3S2. The minimum atomic E-state index is -3.45. The first-order valence-corrected chi connectivity index (χ1v) is 8.15. The minimum Gasteiger partial charge on any atom is -0.396 e. The van der Waals surface area contributed by atoms with Crippen molar-refractivity contribution in [2.75, 3.05) is 26.7 Å². The minimum absolute atomic E-state index is 0.0203. The topological polar surface area (TPSA) is 69.6 Å². The summed E-state index contributed by atoms with van der Waals surface area (Å²) in [6.45, 7) is 0.618. The van der Waals surface area contributed by atoms with E-state index in [1.54, 1.807) is 6.07 Å². The smallest absolute Gasteiger partial charge is 0.279 e. The second kappa shape index (κ2) is 7.42. The van der Waals surface area contributed by atoms with Crippen LogP contribution < -0.4 is 4.72 Å². The zero-order chi connectivity index (χ0) is 13.6. The summed E-state index contributed by atoms with van der Waals surface area (Å²) in [5.74, 6) is 0. The summed E-state index contributed by atoms with van der Waals surface area (Å²) in [6, 6.07) is 3.68. The number of hydrogen-bond donors (Lipinski definition) is 2. The van der Waals surface area contributed by atoms with Gasteiger partial charge in [0.05, 0.1) is 4.34 Å². The van der Waals surface area contributed by atoms with Gasteiger partial charge in [0.2, 0.25) is 0 Å². The van der Waals surface area contributed by atoms with E-state index in [-0.39, 0.29) is 6.61 Å². The lowest BCUT2D eigenvalue weighted by atomic mass is 10.3. The van der Waals surface area contributed by atoms with Crippen LogP contribution >= 0.6 is 22.9 Å². The van der Waals surface area contributed by atoms with Gasteiger partial charge in [-0.15, -0.1) is 11.3 Å². The predicted molar refractivity (Wildman–Crippen MR) is 74.3 cm³/mol. The second-order valence-electron chi connectivity index (χ2n) is 3.75. The van der Waals surface area contributed by atoms with Gasteiger partial charge in [0, 0.05) is 31.6 Å². The average Bonchev–Trinajstić information content (AvgIpc) is 2.71. The highest BCUT2D eigenvalue weighted by Gasteiger charge is 2.16. The molecule has 18 heavy (non-hydrogen) atoms. The Morgan fingerprint density at radius 3 is 2.78 bits per heavy atom. The van der Waals surface area contributed by atoms with Gasteiger partial charge in [0.1, 0.15) is 0 Å². The lowest BCUT2D eigenvalue weighted by Crippen LogP contribution is -2.39. The fourth-order valence-corrected chi connectivity index (χ4v) is 3.35. The molecule has 0 saturated carbocycles. The van der Waals surface area contributed by atoms with Crippen LogP contribution in [0.2, 0.25) is 4.34 Å². The molecule has 0 amide bonds. The molecule has 1 aromatic heterocycles. The predicted octanol–water partition coefficient (Wildman–Crippen LogP) is 1.09. The van der Waals surface area contributed by atoms with E-state index >= 15 is 0 Å². The monoisotopic (exact) mass is 312 g/mol. The van der Waals surface area contributed by atoms with Crippen LogP contribution in [0.15, 0.2) is 12.1 Å². The third-order valence-electron chi connectivity index (χ3n) is 2.33. The van der Waals surface area contributed by atoms with Crippen LogP contribution in [-0.2, 0) is 16.6 Å². The zero-order valence-electron chi connectivity index (χ0n) is 10.1. The van der Waals surface area contributed by atoms with Crippen molar-refractivity contribution in [3.8, 4) is 0 Å². The molecule has 5 nitrogen and oxygen atoms in total. The van der Waals surface area contributed by atoms with Crippen molar-refractivity contribution in [1.29, 1.82) is 0 Å². The highest BCUT2D eigenvalue weighted by molar-refractivity contribution is 7.87. The third kappa shape index (κ3) is 5.21. The number of halogens is 1. The quantitative estimate of drug-likeness (QED) is 0.755. The number of aliphatic hydroxyl groups excluding tert-OH is 1. The first kappa shape index (κ1) is 15.9. The lowest BCUT2D eigenvalue weighted by molar-refractivity contribution is 0.275. The molecule has 0 saturated heterocycles. The third-order valence-corrected chi connectivity index (χ3v) is 5.19. The normalized spacial score (nSPS) is 12.2. The van der Waals surface area contributed by atoms with Gasteiger partial charge >= 0.3 is 0 Å². The summed E-state index contributed by atoms with van der Waals surface area (Å²) in [5, 5.41) is 8.65. The Balaban J connectivity index is 2.37. The van der Waals surface area contributed by atoms with E-state index in [0.29, 0.717) is 30.3 Å². The molecule has 1 aromatic rings. The van der Waals surface area contributed by atoms with Crippen molar-refractivity contribution < 1.29 is 13.5 Å². The Morgan fingerprint density at radius 1 is 1.50 bits per heavy atom. The molecule has 0 aliphatic rings. The molecule has 0 aromatic carbocycles. The summed E-state index contributed by atoms with van der Waals surface area (Å²) in [4.78, 5) is 1.04. The molecule has 0 unspecified atom stereocenters. The fraction of sp³-hybridized carbons (Fsp3) is 0.600. The number of thiophene rings is 1. The number of aliphatic hydroxyl groups is 1. The summed E-state index contributed by atoms with van der Waals surface area (Å²) in [5.41, 5.74) is 0. The molecular weight excluding hydrogens is 296 g/mol. The zero-order valence-corrected chi connectivity index (χ0v) is 12.5. The molecule has 2 N–H and O–H groups in total. The molecule has 1 heterocycles. The first-order valence-electron chi connectivity index (χ1n) is 5.51. The number of rotatable bonds is 8. The lowest BCUT2D eigenvalue weighted by Gasteiger charge is -2.16. The van der Waals surface area contributed by atoms with Gasteiger partial charge < -0.3 is 5.11 Å². The van der Waals surface area contributed by atoms with Crippen LogP contribution in [0.1, 0.15) is 11.3 Å². The van der Waals surface area contributed by atoms with E-state index in [1.165, 1.54) is 22.7 Å². The van der Waals surface area contributed by atoms with Crippen molar-refractivity contribution in [2.45, 2.75) is 12.8 Å². The van der Waals surface area contributed by atoms with Crippen molar-refractivity contribution in [3.63, 3.8) is 0 Å². The van der Waals surface area contributed by atoms with E-state index in [9.17, 15) is 8.42 Å². The van der Waals surface area contributed by atoms with Gasteiger partial charge in [-0.3, -0.25) is 0 Å². The molecule has 0 atom stereocenters. The molecule has 104 valence electrons. The van der Waals surface area contributed by atoms with Gasteiger partial charge in [0.15, 0.2) is 0 Å². The standard InChI is InChI=1S/C10H17ClN2O3S2/c1-13(7-2-8-14)18(15,16)12-6-5-9-3-4-10(11)17-9/h3-4,12,14H,2,5-8H2,1H3. The number of nitrogens with one attached hydrogen (secondary N) is 1. The highest BCUT2D eigenvalue weighted by Crippen LogP contribution is 2.21. The molecule has 0 radical (unpaired) electrons. The number of nitrogens with zero attached hydrogens (tertiary/aromatic N) is 1.